The van der Waals surface area contributed by atoms with Crippen molar-refractivity contribution in [3.8, 4) is 0 Å². The molecule has 23 heavy (non-hydrogen) atoms. The van der Waals surface area contributed by atoms with Crippen LogP contribution in [0.25, 0.3) is 0 Å². The molecule has 2 aliphatic heterocycles. The lowest BCUT2D eigenvalue weighted by Gasteiger charge is -2.32. The number of aromatic nitrogens is 2. The van der Waals surface area contributed by atoms with Gasteiger partial charge in [-0.2, -0.15) is 0 Å². The van der Waals surface area contributed by atoms with E-state index in [4.69, 9.17) is 4.74 Å². The number of anilines is 1. The fourth-order valence-electron chi connectivity index (χ4n) is 3.20. The zero-order chi connectivity index (χ0) is 16.1. The maximum atomic E-state index is 12.1. The molecule has 3 rings (SSSR count). The van der Waals surface area contributed by atoms with Crippen LogP contribution in [-0.4, -0.2) is 53.9 Å². The highest BCUT2D eigenvalue weighted by molar-refractivity contribution is 5.74. The third kappa shape index (κ3) is 4.31. The molecule has 2 N–H and O–H groups in total. The number of piperidine rings is 1. The summed E-state index contributed by atoms with van der Waals surface area (Å²) in [6, 6.07) is 1.97. The van der Waals surface area contributed by atoms with Gasteiger partial charge < -0.3 is 20.3 Å². The molecular formula is C16H25N5O2. The molecule has 0 aliphatic carbocycles. The Morgan fingerprint density at radius 1 is 1.30 bits per heavy atom. The van der Waals surface area contributed by atoms with Gasteiger partial charge in [-0.25, -0.2) is 14.8 Å². The van der Waals surface area contributed by atoms with E-state index in [1.165, 1.54) is 0 Å². The van der Waals surface area contributed by atoms with Crippen molar-refractivity contribution in [3.63, 3.8) is 0 Å². The van der Waals surface area contributed by atoms with Crippen LogP contribution in [0.3, 0.4) is 0 Å². The van der Waals surface area contributed by atoms with Gasteiger partial charge in [0, 0.05) is 38.1 Å². The van der Waals surface area contributed by atoms with Crippen molar-refractivity contribution in [2.45, 2.75) is 50.8 Å². The number of hydrogen-bond acceptors (Lipinski definition) is 5. The molecule has 7 heteroatoms. The first-order chi connectivity index (χ1) is 11.2. The summed E-state index contributed by atoms with van der Waals surface area (Å²) in [5.41, 5.74) is 0. The van der Waals surface area contributed by atoms with E-state index in [1.54, 1.807) is 12.4 Å². The number of amides is 2. The van der Waals surface area contributed by atoms with Gasteiger partial charge in [0.1, 0.15) is 0 Å². The SMILES string of the molecule is C[C@@H](NC(=O)NC1CCN(c2ncccn2)CC1)[C@@H]1CCCO1. The number of carbonyl (C=O) groups is 1. The Balaban J connectivity index is 1.40. The Labute approximate surface area is 136 Å². The van der Waals surface area contributed by atoms with E-state index in [9.17, 15) is 4.79 Å². The fourth-order valence-corrected chi connectivity index (χ4v) is 3.20. The highest BCUT2D eigenvalue weighted by Crippen LogP contribution is 2.16. The molecule has 2 aliphatic rings. The summed E-state index contributed by atoms with van der Waals surface area (Å²) >= 11 is 0. The average molecular weight is 319 g/mol. The summed E-state index contributed by atoms with van der Waals surface area (Å²) < 4.78 is 5.61. The van der Waals surface area contributed by atoms with Gasteiger partial charge in [0.05, 0.1) is 12.1 Å². The van der Waals surface area contributed by atoms with Crippen LogP contribution in [-0.2, 0) is 4.74 Å². The second-order valence-corrected chi connectivity index (χ2v) is 6.27. The van der Waals surface area contributed by atoms with Crippen molar-refractivity contribution in [1.82, 2.24) is 20.6 Å². The monoisotopic (exact) mass is 319 g/mol. The molecule has 0 bridgehead atoms. The zero-order valence-corrected chi connectivity index (χ0v) is 13.6. The van der Waals surface area contributed by atoms with Gasteiger partial charge in [0.25, 0.3) is 0 Å². The minimum Gasteiger partial charge on any atom is -0.376 e. The van der Waals surface area contributed by atoms with Crippen molar-refractivity contribution in [1.29, 1.82) is 0 Å². The van der Waals surface area contributed by atoms with E-state index in [0.29, 0.717) is 0 Å². The second kappa shape index (κ2) is 7.59. The van der Waals surface area contributed by atoms with Crippen LogP contribution < -0.4 is 15.5 Å². The second-order valence-electron chi connectivity index (χ2n) is 6.27. The van der Waals surface area contributed by atoms with Gasteiger partial charge in [-0.3, -0.25) is 0 Å². The standard InChI is InChI=1S/C16H25N5O2/c1-12(14-4-2-11-23-14)19-16(22)20-13-5-9-21(10-6-13)15-17-7-3-8-18-15/h3,7-8,12-14H,2,4-6,9-11H2,1H3,(H2,19,20,22)/t12-,14+/m1/s1. The van der Waals surface area contributed by atoms with Gasteiger partial charge in [-0.1, -0.05) is 0 Å². The van der Waals surface area contributed by atoms with E-state index in [0.717, 1.165) is 51.3 Å². The Kier molecular flexibility index (Phi) is 5.27. The molecule has 2 saturated heterocycles. The maximum absolute atomic E-state index is 12.1. The van der Waals surface area contributed by atoms with Gasteiger partial charge in [-0.05, 0) is 38.7 Å². The van der Waals surface area contributed by atoms with Gasteiger partial charge >= 0.3 is 6.03 Å². The predicted octanol–water partition coefficient (Wildman–Crippen LogP) is 1.31. The molecule has 2 amide bonds. The van der Waals surface area contributed by atoms with Crippen LogP contribution in [0.4, 0.5) is 10.7 Å². The molecule has 0 radical (unpaired) electrons. The van der Waals surface area contributed by atoms with Crippen LogP contribution in [0.2, 0.25) is 0 Å². The third-order valence-electron chi connectivity index (χ3n) is 4.55. The van der Waals surface area contributed by atoms with Gasteiger partial charge in [-0.15, -0.1) is 0 Å². The van der Waals surface area contributed by atoms with Crippen molar-refractivity contribution >= 4 is 12.0 Å². The smallest absolute Gasteiger partial charge is 0.315 e. The minimum atomic E-state index is -0.0950. The molecule has 0 spiro atoms. The minimum absolute atomic E-state index is 0.0512. The number of nitrogens with zero attached hydrogens (tertiary/aromatic N) is 3. The quantitative estimate of drug-likeness (QED) is 0.875. The predicted molar refractivity (Wildman–Crippen MR) is 87.4 cm³/mol. The largest absolute Gasteiger partial charge is 0.376 e. The van der Waals surface area contributed by atoms with Gasteiger partial charge in [0.2, 0.25) is 5.95 Å². The van der Waals surface area contributed by atoms with Crippen molar-refractivity contribution in [2.75, 3.05) is 24.6 Å². The maximum Gasteiger partial charge on any atom is 0.315 e. The van der Waals surface area contributed by atoms with E-state index < -0.39 is 0 Å². The first-order valence-corrected chi connectivity index (χ1v) is 8.43. The van der Waals surface area contributed by atoms with E-state index in [-0.39, 0.29) is 24.2 Å². The highest BCUT2D eigenvalue weighted by atomic mass is 16.5. The van der Waals surface area contributed by atoms with Crippen LogP contribution in [0.5, 0.6) is 0 Å². The van der Waals surface area contributed by atoms with Crippen LogP contribution in [0.1, 0.15) is 32.6 Å². The van der Waals surface area contributed by atoms with E-state index >= 15 is 0 Å². The molecule has 1 aromatic rings. The molecular weight excluding hydrogens is 294 g/mol. The normalized spacial score (nSPS) is 23.5. The molecule has 2 atom stereocenters. The van der Waals surface area contributed by atoms with Crippen molar-refractivity contribution in [3.05, 3.63) is 18.5 Å². The summed E-state index contributed by atoms with van der Waals surface area (Å²) in [6.07, 6.45) is 7.58. The summed E-state index contributed by atoms with van der Waals surface area (Å²) in [4.78, 5) is 22.8. The lowest BCUT2D eigenvalue weighted by atomic mass is 10.1. The lowest BCUT2D eigenvalue weighted by molar-refractivity contribution is 0.0858. The Morgan fingerprint density at radius 3 is 2.70 bits per heavy atom. The molecule has 0 saturated carbocycles. The Morgan fingerprint density at radius 2 is 2.04 bits per heavy atom. The van der Waals surface area contributed by atoms with Crippen LogP contribution in [0.15, 0.2) is 18.5 Å². The zero-order valence-electron chi connectivity index (χ0n) is 13.6. The topological polar surface area (TPSA) is 79.4 Å². The molecule has 3 heterocycles. The lowest BCUT2D eigenvalue weighted by Crippen LogP contribution is -2.51. The van der Waals surface area contributed by atoms with E-state index in [1.807, 2.05) is 13.0 Å². The van der Waals surface area contributed by atoms with Crippen molar-refractivity contribution in [2.24, 2.45) is 0 Å². The fraction of sp³-hybridized carbons (Fsp3) is 0.688. The number of carbonyl (C=O) groups excluding carboxylic acids is 1. The number of urea groups is 1. The molecule has 0 aromatic carbocycles. The summed E-state index contributed by atoms with van der Waals surface area (Å²) in [5.74, 6) is 0.766. The van der Waals surface area contributed by atoms with Crippen LogP contribution in [0, 0.1) is 0 Å². The Hall–Kier alpha value is -1.89. The molecule has 126 valence electrons. The van der Waals surface area contributed by atoms with Gasteiger partial charge in [0.15, 0.2) is 0 Å². The summed E-state index contributed by atoms with van der Waals surface area (Å²) in [5, 5.41) is 6.07. The Bertz CT molecular complexity index is 498. The summed E-state index contributed by atoms with van der Waals surface area (Å²) in [7, 11) is 0. The molecule has 1 aromatic heterocycles. The average Bonchev–Trinajstić information content (AvgIpc) is 3.11. The molecule has 2 fully saturated rings. The van der Waals surface area contributed by atoms with Crippen molar-refractivity contribution < 1.29 is 9.53 Å². The van der Waals surface area contributed by atoms with Crippen LogP contribution >= 0.6 is 0 Å². The summed E-state index contributed by atoms with van der Waals surface area (Å²) in [6.45, 7) is 4.52. The molecule has 0 unspecified atom stereocenters. The first kappa shape index (κ1) is 16.0. The van der Waals surface area contributed by atoms with E-state index in [2.05, 4.69) is 25.5 Å². The molecule has 7 nitrogen and oxygen atoms in total. The number of ether oxygens (including phenoxy) is 1. The number of rotatable bonds is 4. The number of hydrogen-bond donors (Lipinski definition) is 2. The third-order valence-corrected chi connectivity index (χ3v) is 4.55. The highest BCUT2D eigenvalue weighted by Gasteiger charge is 2.26. The first-order valence-electron chi connectivity index (χ1n) is 8.43. The number of nitrogens with one attached hydrogen (secondary N) is 2.